The third kappa shape index (κ3) is 2.56. The standard InChI is InChI=1S/C17H12ClNO/c18-14-8-6-12(7-9-14)11-16(20)15-5-1-3-13-4-2-10-19-17(13)15/h1-10H,11H2. The van der Waals surface area contributed by atoms with Crippen molar-refractivity contribution >= 4 is 28.3 Å². The molecule has 0 atom stereocenters. The maximum atomic E-state index is 12.4. The first-order chi connectivity index (χ1) is 9.74. The number of hydrogen-bond donors (Lipinski definition) is 0. The predicted octanol–water partition coefficient (Wildman–Crippen LogP) is 4.31. The molecule has 0 radical (unpaired) electrons. The van der Waals surface area contributed by atoms with Crippen LogP contribution in [0.1, 0.15) is 15.9 Å². The van der Waals surface area contributed by atoms with E-state index in [1.54, 1.807) is 18.3 Å². The fraction of sp³-hybridized carbons (Fsp3) is 0.0588. The molecule has 20 heavy (non-hydrogen) atoms. The lowest BCUT2D eigenvalue weighted by Crippen LogP contribution is -2.04. The second kappa shape index (κ2) is 5.43. The predicted molar refractivity (Wildman–Crippen MR) is 81.2 cm³/mol. The molecular formula is C17H12ClNO. The van der Waals surface area contributed by atoms with E-state index in [9.17, 15) is 4.79 Å². The van der Waals surface area contributed by atoms with E-state index in [0.29, 0.717) is 17.0 Å². The number of Topliss-reactive ketones (excluding diaryl/α,β-unsaturated/α-hetero) is 1. The number of ketones is 1. The first kappa shape index (κ1) is 12.8. The molecule has 0 unspecified atom stereocenters. The molecule has 0 amide bonds. The highest BCUT2D eigenvalue weighted by atomic mass is 35.5. The van der Waals surface area contributed by atoms with Crippen LogP contribution in [0.4, 0.5) is 0 Å². The van der Waals surface area contributed by atoms with Gasteiger partial charge in [0.1, 0.15) is 0 Å². The maximum Gasteiger partial charge on any atom is 0.169 e. The van der Waals surface area contributed by atoms with Gasteiger partial charge in [-0.05, 0) is 29.8 Å². The van der Waals surface area contributed by atoms with Crippen LogP contribution in [0.3, 0.4) is 0 Å². The zero-order chi connectivity index (χ0) is 13.9. The molecule has 0 aliphatic carbocycles. The van der Waals surface area contributed by atoms with Crippen molar-refractivity contribution in [1.29, 1.82) is 0 Å². The van der Waals surface area contributed by atoms with E-state index in [2.05, 4.69) is 4.98 Å². The molecule has 3 rings (SSSR count). The van der Waals surface area contributed by atoms with E-state index < -0.39 is 0 Å². The topological polar surface area (TPSA) is 30.0 Å². The zero-order valence-electron chi connectivity index (χ0n) is 10.7. The summed E-state index contributed by atoms with van der Waals surface area (Å²) in [5, 5.41) is 1.66. The molecule has 0 saturated heterocycles. The van der Waals surface area contributed by atoms with E-state index in [4.69, 9.17) is 11.6 Å². The molecule has 2 aromatic carbocycles. The van der Waals surface area contributed by atoms with Gasteiger partial charge < -0.3 is 0 Å². The van der Waals surface area contributed by atoms with E-state index in [1.807, 2.05) is 42.5 Å². The Labute approximate surface area is 122 Å². The number of benzene rings is 2. The van der Waals surface area contributed by atoms with Crippen LogP contribution in [0.5, 0.6) is 0 Å². The Bertz CT molecular complexity index is 760. The summed E-state index contributed by atoms with van der Waals surface area (Å²) in [6, 6.07) is 16.8. The highest BCUT2D eigenvalue weighted by Crippen LogP contribution is 2.18. The van der Waals surface area contributed by atoms with Crippen LogP contribution in [-0.4, -0.2) is 10.8 Å². The van der Waals surface area contributed by atoms with E-state index in [1.165, 1.54) is 0 Å². The number of aromatic nitrogens is 1. The smallest absolute Gasteiger partial charge is 0.169 e. The number of carbonyl (C=O) groups is 1. The molecule has 0 N–H and O–H groups in total. The summed E-state index contributed by atoms with van der Waals surface area (Å²) >= 11 is 5.85. The van der Waals surface area contributed by atoms with Crippen molar-refractivity contribution in [3.05, 3.63) is 76.9 Å². The molecule has 0 saturated carbocycles. The molecule has 2 nitrogen and oxygen atoms in total. The molecule has 98 valence electrons. The Morgan fingerprint density at radius 1 is 1.00 bits per heavy atom. The SMILES string of the molecule is O=C(Cc1ccc(Cl)cc1)c1cccc2cccnc12. The number of carbonyl (C=O) groups excluding carboxylic acids is 1. The summed E-state index contributed by atoms with van der Waals surface area (Å²) in [6.45, 7) is 0. The lowest BCUT2D eigenvalue weighted by molar-refractivity contribution is 0.0994. The van der Waals surface area contributed by atoms with Crippen LogP contribution in [0, 0.1) is 0 Å². The molecule has 0 aliphatic heterocycles. The largest absolute Gasteiger partial charge is 0.294 e. The van der Waals surface area contributed by atoms with Gasteiger partial charge in [0.2, 0.25) is 0 Å². The van der Waals surface area contributed by atoms with Gasteiger partial charge in [-0.25, -0.2) is 0 Å². The fourth-order valence-electron chi connectivity index (χ4n) is 2.21. The highest BCUT2D eigenvalue weighted by molar-refractivity contribution is 6.30. The van der Waals surface area contributed by atoms with Crippen LogP contribution in [0.25, 0.3) is 10.9 Å². The summed E-state index contributed by atoms with van der Waals surface area (Å²) in [4.78, 5) is 16.8. The van der Waals surface area contributed by atoms with Gasteiger partial charge in [-0.2, -0.15) is 0 Å². The Hall–Kier alpha value is -2.19. The van der Waals surface area contributed by atoms with Gasteiger partial charge in [-0.3, -0.25) is 9.78 Å². The van der Waals surface area contributed by atoms with Crippen LogP contribution < -0.4 is 0 Å². The minimum Gasteiger partial charge on any atom is -0.294 e. The van der Waals surface area contributed by atoms with Crippen molar-refractivity contribution in [3.63, 3.8) is 0 Å². The fourth-order valence-corrected chi connectivity index (χ4v) is 2.34. The Morgan fingerprint density at radius 2 is 1.75 bits per heavy atom. The lowest BCUT2D eigenvalue weighted by Gasteiger charge is -2.05. The number of rotatable bonds is 3. The van der Waals surface area contributed by atoms with Crippen molar-refractivity contribution in [2.24, 2.45) is 0 Å². The summed E-state index contributed by atoms with van der Waals surface area (Å²) < 4.78 is 0. The van der Waals surface area contributed by atoms with Gasteiger partial charge >= 0.3 is 0 Å². The van der Waals surface area contributed by atoms with Crippen molar-refractivity contribution in [3.8, 4) is 0 Å². The maximum absolute atomic E-state index is 12.4. The summed E-state index contributed by atoms with van der Waals surface area (Å²) in [6.07, 6.45) is 2.06. The Morgan fingerprint density at radius 3 is 2.55 bits per heavy atom. The molecular weight excluding hydrogens is 270 g/mol. The molecule has 0 aliphatic rings. The summed E-state index contributed by atoms with van der Waals surface area (Å²) in [7, 11) is 0. The average molecular weight is 282 g/mol. The molecule has 0 bridgehead atoms. The zero-order valence-corrected chi connectivity index (χ0v) is 11.5. The molecule has 0 spiro atoms. The molecule has 1 heterocycles. The van der Waals surface area contributed by atoms with Crippen molar-refractivity contribution in [1.82, 2.24) is 4.98 Å². The third-order valence-corrected chi connectivity index (χ3v) is 3.46. The van der Waals surface area contributed by atoms with Crippen molar-refractivity contribution in [2.75, 3.05) is 0 Å². The molecule has 0 fully saturated rings. The highest BCUT2D eigenvalue weighted by Gasteiger charge is 2.11. The van der Waals surface area contributed by atoms with Crippen LogP contribution in [0.15, 0.2) is 60.8 Å². The van der Waals surface area contributed by atoms with Gasteiger partial charge in [-0.1, -0.05) is 41.9 Å². The number of halogens is 1. The summed E-state index contributed by atoms with van der Waals surface area (Å²) in [5.41, 5.74) is 2.37. The quantitative estimate of drug-likeness (QED) is 0.670. The minimum atomic E-state index is 0.0663. The van der Waals surface area contributed by atoms with Gasteiger partial charge in [0.05, 0.1) is 5.52 Å². The molecule has 1 aromatic heterocycles. The van der Waals surface area contributed by atoms with Gasteiger partial charge in [0.15, 0.2) is 5.78 Å². The molecule has 3 aromatic rings. The second-order valence-corrected chi connectivity index (χ2v) is 5.04. The van der Waals surface area contributed by atoms with Gasteiger partial charge in [0.25, 0.3) is 0 Å². The van der Waals surface area contributed by atoms with Gasteiger partial charge in [0, 0.05) is 28.6 Å². The van der Waals surface area contributed by atoms with Crippen LogP contribution in [-0.2, 0) is 6.42 Å². The number of fused-ring (bicyclic) bond motifs is 1. The summed E-state index contributed by atoms with van der Waals surface area (Å²) in [5.74, 6) is 0.0663. The number of nitrogens with zero attached hydrogens (tertiary/aromatic N) is 1. The average Bonchev–Trinajstić information content (AvgIpc) is 2.49. The first-order valence-corrected chi connectivity index (χ1v) is 6.73. The number of para-hydroxylation sites is 1. The minimum absolute atomic E-state index is 0.0663. The first-order valence-electron chi connectivity index (χ1n) is 6.35. The van der Waals surface area contributed by atoms with Crippen LogP contribution >= 0.6 is 11.6 Å². The normalized spacial score (nSPS) is 10.7. The lowest BCUT2D eigenvalue weighted by atomic mass is 10.0. The second-order valence-electron chi connectivity index (χ2n) is 4.61. The van der Waals surface area contributed by atoms with Crippen LogP contribution in [0.2, 0.25) is 5.02 Å². The van der Waals surface area contributed by atoms with E-state index in [0.717, 1.165) is 16.5 Å². The monoisotopic (exact) mass is 281 g/mol. The third-order valence-electron chi connectivity index (χ3n) is 3.21. The Balaban J connectivity index is 1.94. The van der Waals surface area contributed by atoms with E-state index in [-0.39, 0.29) is 5.78 Å². The Kier molecular flexibility index (Phi) is 3.48. The number of pyridine rings is 1. The number of hydrogen-bond acceptors (Lipinski definition) is 2. The van der Waals surface area contributed by atoms with Gasteiger partial charge in [-0.15, -0.1) is 0 Å². The molecule has 3 heteroatoms. The van der Waals surface area contributed by atoms with Crippen molar-refractivity contribution in [2.45, 2.75) is 6.42 Å². The van der Waals surface area contributed by atoms with Crippen molar-refractivity contribution < 1.29 is 4.79 Å². The van der Waals surface area contributed by atoms with E-state index >= 15 is 0 Å².